The number of thioether (sulfide) groups is 1. The van der Waals surface area contributed by atoms with Crippen molar-refractivity contribution in [2.45, 2.75) is 6.92 Å². The second-order valence-electron chi connectivity index (χ2n) is 2.47. The monoisotopic (exact) mass is 225 g/mol. The molecule has 0 radical (unpaired) electrons. The molecule has 0 bridgehead atoms. The molecule has 0 N–H and O–H groups in total. The normalized spacial score (nSPS) is 9.00. The third-order valence-electron chi connectivity index (χ3n) is 1.29. The van der Waals surface area contributed by atoms with Crippen LogP contribution in [-0.4, -0.2) is 15.9 Å². The zero-order valence-corrected chi connectivity index (χ0v) is 9.15. The van der Waals surface area contributed by atoms with Crippen molar-refractivity contribution < 1.29 is 4.79 Å². The van der Waals surface area contributed by atoms with Crippen LogP contribution in [0.3, 0.4) is 0 Å². The molecule has 0 aliphatic rings. The number of rotatable bonds is 1. The van der Waals surface area contributed by atoms with Crippen LogP contribution in [0.2, 0.25) is 5.02 Å². The van der Waals surface area contributed by atoms with Gasteiger partial charge in [-0.1, -0.05) is 35.2 Å². The van der Waals surface area contributed by atoms with Gasteiger partial charge in [0.25, 0.3) is 0 Å². The van der Waals surface area contributed by atoms with Gasteiger partial charge in [-0.3, -0.25) is 9.78 Å². The Morgan fingerprint density at radius 1 is 1.64 bits per heavy atom. The Morgan fingerprint density at radius 2 is 2.43 bits per heavy atom. The molecule has 72 valence electrons. The van der Waals surface area contributed by atoms with Gasteiger partial charge in [-0.2, -0.15) is 0 Å². The van der Waals surface area contributed by atoms with Crippen molar-refractivity contribution in [2.24, 2.45) is 0 Å². The Morgan fingerprint density at radius 3 is 3.07 bits per heavy atom. The van der Waals surface area contributed by atoms with E-state index < -0.39 is 0 Å². The number of carbonyl (C=O) groups excluding carboxylic acids is 1. The van der Waals surface area contributed by atoms with Gasteiger partial charge in [0.15, 0.2) is 5.12 Å². The number of halogens is 1. The lowest BCUT2D eigenvalue weighted by Crippen LogP contribution is -1.83. The lowest BCUT2D eigenvalue weighted by atomic mass is 10.3. The van der Waals surface area contributed by atoms with Crippen LogP contribution in [-0.2, 0) is 4.79 Å². The third kappa shape index (κ3) is 4.31. The maximum absolute atomic E-state index is 10.6. The van der Waals surface area contributed by atoms with Crippen LogP contribution in [0.1, 0.15) is 12.5 Å². The number of carbonyl (C=O) groups is 1. The van der Waals surface area contributed by atoms with Crippen LogP contribution in [0.5, 0.6) is 0 Å². The first-order valence-electron chi connectivity index (χ1n) is 3.91. The minimum atomic E-state index is 0.0727. The summed E-state index contributed by atoms with van der Waals surface area (Å²) in [6.07, 6.45) is 3.19. The van der Waals surface area contributed by atoms with Gasteiger partial charge in [0.2, 0.25) is 0 Å². The summed E-state index contributed by atoms with van der Waals surface area (Å²) in [5.74, 6) is 6.23. The van der Waals surface area contributed by atoms with Crippen LogP contribution in [0.25, 0.3) is 0 Å². The topological polar surface area (TPSA) is 30.0 Å². The molecule has 4 heteroatoms. The van der Waals surface area contributed by atoms with Gasteiger partial charge in [-0.25, -0.2) is 0 Å². The van der Waals surface area contributed by atoms with E-state index in [1.165, 1.54) is 18.7 Å². The van der Waals surface area contributed by atoms with E-state index in [1.807, 2.05) is 0 Å². The fourth-order valence-corrected chi connectivity index (χ4v) is 1.28. The zero-order valence-electron chi connectivity index (χ0n) is 7.58. The maximum atomic E-state index is 10.6. The summed E-state index contributed by atoms with van der Waals surface area (Å²) in [6, 6.07) is 1.74. The van der Waals surface area contributed by atoms with Crippen LogP contribution in [0.15, 0.2) is 18.5 Å². The standard InChI is InChI=1S/C10H8ClNOS/c1-8(13)14-4-2-3-9-5-10(11)7-12-6-9/h5-7H,4H2,1H3. The number of hydrogen-bond acceptors (Lipinski definition) is 3. The highest BCUT2D eigenvalue weighted by atomic mass is 35.5. The van der Waals surface area contributed by atoms with E-state index in [0.29, 0.717) is 10.8 Å². The van der Waals surface area contributed by atoms with E-state index in [-0.39, 0.29) is 5.12 Å². The molecule has 1 aromatic rings. The molecule has 0 fully saturated rings. The number of aromatic nitrogens is 1. The van der Waals surface area contributed by atoms with Gasteiger partial charge in [-0.15, -0.1) is 0 Å². The van der Waals surface area contributed by atoms with Gasteiger partial charge < -0.3 is 0 Å². The lowest BCUT2D eigenvalue weighted by molar-refractivity contribution is -0.109. The second kappa shape index (κ2) is 5.69. The zero-order chi connectivity index (χ0) is 10.4. The molecule has 1 heterocycles. The second-order valence-corrected chi connectivity index (χ2v) is 4.06. The van der Waals surface area contributed by atoms with Gasteiger partial charge in [0, 0.05) is 24.9 Å². The van der Waals surface area contributed by atoms with Crippen molar-refractivity contribution in [3.63, 3.8) is 0 Å². The first kappa shape index (κ1) is 11.1. The van der Waals surface area contributed by atoms with Crippen LogP contribution >= 0.6 is 23.4 Å². The minimum absolute atomic E-state index is 0.0727. The number of hydrogen-bond donors (Lipinski definition) is 0. The largest absolute Gasteiger partial charge is 0.288 e. The highest BCUT2D eigenvalue weighted by Gasteiger charge is 1.91. The van der Waals surface area contributed by atoms with E-state index in [1.54, 1.807) is 18.5 Å². The molecule has 0 saturated carbocycles. The molecule has 0 unspecified atom stereocenters. The first-order valence-corrected chi connectivity index (χ1v) is 5.27. The quantitative estimate of drug-likeness (QED) is 0.688. The Labute approximate surface area is 92.1 Å². The smallest absolute Gasteiger partial charge is 0.186 e. The summed E-state index contributed by atoms with van der Waals surface area (Å²) in [5.41, 5.74) is 0.765. The first-order chi connectivity index (χ1) is 6.68. The van der Waals surface area contributed by atoms with E-state index in [9.17, 15) is 4.79 Å². The molecule has 0 saturated heterocycles. The van der Waals surface area contributed by atoms with E-state index in [2.05, 4.69) is 16.8 Å². The van der Waals surface area contributed by atoms with E-state index in [4.69, 9.17) is 11.6 Å². The highest BCUT2D eigenvalue weighted by Crippen LogP contribution is 2.07. The average Bonchev–Trinajstić information content (AvgIpc) is 2.12. The highest BCUT2D eigenvalue weighted by molar-refractivity contribution is 8.13. The molecule has 0 atom stereocenters. The predicted octanol–water partition coefficient (Wildman–Crippen LogP) is 2.37. The fraction of sp³-hybridized carbons (Fsp3) is 0.200. The molecular weight excluding hydrogens is 218 g/mol. The van der Waals surface area contributed by atoms with Crippen molar-refractivity contribution in [1.29, 1.82) is 0 Å². The van der Waals surface area contributed by atoms with Crippen LogP contribution < -0.4 is 0 Å². The molecule has 0 amide bonds. The Bertz CT molecular complexity index is 395. The molecule has 1 rings (SSSR count). The fourth-order valence-electron chi connectivity index (χ4n) is 0.756. The Kier molecular flexibility index (Phi) is 4.51. The summed E-state index contributed by atoms with van der Waals surface area (Å²) in [7, 11) is 0. The van der Waals surface area contributed by atoms with Crippen LogP contribution in [0.4, 0.5) is 0 Å². The Hall–Kier alpha value is -0.980. The summed E-state index contributed by atoms with van der Waals surface area (Å²) in [4.78, 5) is 14.5. The predicted molar refractivity (Wildman–Crippen MR) is 59.3 cm³/mol. The lowest BCUT2D eigenvalue weighted by Gasteiger charge is -1.89. The number of pyridine rings is 1. The molecule has 14 heavy (non-hydrogen) atoms. The summed E-state index contributed by atoms with van der Waals surface area (Å²) in [5, 5.41) is 0.638. The van der Waals surface area contributed by atoms with E-state index >= 15 is 0 Å². The van der Waals surface area contributed by atoms with Crippen LogP contribution in [0, 0.1) is 11.8 Å². The van der Waals surface area contributed by atoms with Crippen molar-refractivity contribution in [3.05, 3.63) is 29.0 Å². The minimum Gasteiger partial charge on any atom is -0.288 e. The van der Waals surface area contributed by atoms with Crippen molar-refractivity contribution in [3.8, 4) is 11.8 Å². The van der Waals surface area contributed by atoms with Crippen molar-refractivity contribution >= 4 is 28.5 Å². The van der Waals surface area contributed by atoms with Gasteiger partial charge in [-0.05, 0) is 6.07 Å². The van der Waals surface area contributed by atoms with Crippen molar-refractivity contribution in [1.82, 2.24) is 4.98 Å². The molecule has 2 nitrogen and oxygen atoms in total. The molecule has 0 aromatic carbocycles. The molecule has 1 aromatic heterocycles. The Balaban J connectivity index is 2.55. The van der Waals surface area contributed by atoms with Gasteiger partial charge >= 0.3 is 0 Å². The summed E-state index contributed by atoms with van der Waals surface area (Å²) < 4.78 is 0. The molecule has 0 aliphatic carbocycles. The molecule has 0 aliphatic heterocycles. The summed E-state index contributed by atoms with van der Waals surface area (Å²) >= 11 is 6.91. The van der Waals surface area contributed by atoms with Gasteiger partial charge in [0.05, 0.1) is 10.8 Å². The maximum Gasteiger partial charge on any atom is 0.186 e. The third-order valence-corrected chi connectivity index (χ3v) is 2.19. The van der Waals surface area contributed by atoms with Gasteiger partial charge in [0.1, 0.15) is 0 Å². The number of nitrogens with zero attached hydrogens (tertiary/aromatic N) is 1. The van der Waals surface area contributed by atoms with E-state index in [0.717, 1.165) is 5.56 Å². The summed E-state index contributed by atoms with van der Waals surface area (Å²) in [6.45, 7) is 1.52. The SMILES string of the molecule is CC(=O)SCC#Cc1cncc(Cl)c1. The average molecular weight is 226 g/mol. The van der Waals surface area contributed by atoms with Crippen molar-refractivity contribution in [2.75, 3.05) is 5.75 Å². The molecule has 0 spiro atoms. The molecular formula is C10H8ClNOS.